The first-order valence-electron chi connectivity index (χ1n) is 9.10. The molecule has 1 aromatic heterocycles. The third-order valence-electron chi connectivity index (χ3n) is 4.91. The number of aliphatic hydroxyl groups excluding tert-OH is 1. The van der Waals surface area contributed by atoms with Gasteiger partial charge in [0.25, 0.3) is 5.56 Å². The topological polar surface area (TPSA) is 80.6 Å². The molecule has 1 amide bonds. The van der Waals surface area contributed by atoms with Gasteiger partial charge in [-0.05, 0) is 28.3 Å². The molecule has 0 unspecified atom stereocenters. The molecule has 6 heteroatoms. The van der Waals surface area contributed by atoms with E-state index in [4.69, 9.17) is 9.84 Å². The SMILES string of the molecule is O=C(Nc1ccc(=O)n(CCO)c1)OCC1c2ccccc2-c2ccccc21. The zero-order chi connectivity index (χ0) is 19.5. The number of amides is 1. The van der Waals surface area contributed by atoms with E-state index in [2.05, 4.69) is 29.6 Å². The van der Waals surface area contributed by atoms with Crippen LogP contribution in [-0.4, -0.2) is 29.0 Å². The van der Waals surface area contributed by atoms with E-state index in [-0.39, 0.29) is 31.2 Å². The molecule has 2 aromatic carbocycles. The molecule has 0 spiro atoms. The number of aliphatic hydroxyl groups is 1. The number of rotatable bonds is 5. The number of pyridine rings is 1. The Balaban J connectivity index is 1.47. The fourth-order valence-corrected chi connectivity index (χ4v) is 3.64. The smallest absolute Gasteiger partial charge is 0.411 e. The van der Waals surface area contributed by atoms with Gasteiger partial charge in [0.15, 0.2) is 0 Å². The first kappa shape index (κ1) is 18.0. The minimum absolute atomic E-state index is 0.0125. The summed E-state index contributed by atoms with van der Waals surface area (Å²) in [6.07, 6.45) is 0.899. The number of aromatic nitrogens is 1. The molecule has 3 aromatic rings. The third-order valence-corrected chi connectivity index (χ3v) is 4.91. The lowest BCUT2D eigenvalue weighted by molar-refractivity contribution is 0.158. The molecule has 0 saturated carbocycles. The molecule has 0 aliphatic heterocycles. The molecule has 28 heavy (non-hydrogen) atoms. The molecule has 6 nitrogen and oxygen atoms in total. The van der Waals surface area contributed by atoms with Gasteiger partial charge < -0.3 is 14.4 Å². The Morgan fingerprint density at radius 2 is 1.64 bits per heavy atom. The molecule has 4 rings (SSSR count). The summed E-state index contributed by atoms with van der Waals surface area (Å²) in [4.78, 5) is 24.0. The van der Waals surface area contributed by atoms with Crippen molar-refractivity contribution in [3.8, 4) is 11.1 Å². The van der Waals surface area contributed by atoms with Crippen LogP contribution in [0.5, 0.6) is 0 Å². The van der Waals surface area contributed by atoms with E-state index in [0.717, 1.165) is 11.1 Å². The van der Waals surface area contributed by atoms with Crippen LogP contribution < -0.4 is 10.9 Å². The lowest BCUT2D eigenvalue weighted by Crippen LogP contribution is -2.23. The number of carbonyl (C=O) groups is 1. The molecule has 0 bridgehead atoms. The maximum Gasteiger partial charge on any atom is 0.411 e. The van der Waals surface area contributed by atoms with Crippen molar-refractivity contribution in [2.75, 3.05) is 18.5 Å². The summed E-state index contributed by atoms with van der Waals surface area (Å²) < 4.78 is 6.82. The van der Waals surface area contributed by atoms with Gasteiger partial charge in [-0.1, -0.05) is 48.5 Å². The number of anilines is 1. The first-order chi connectivity index (χ1) is 13.7. The highest BCUT2D eigenvalue weighted by molar-refractivity contribution is 5.84. The van der Waals surface area contributed by atoms with Gasteiger partial charge in [-0.3, -0.25) is 10.1 Å². The van der Waals surface area contributed by atoms with Crippen molar-refractivity contribution in [2.45, 2.75) is 12.5 Å². The average molecular weight is 376 g/mol. The number of fused-ring (bicyclic) bond motifs is 3. The van der Waals surface area contributed by atoms with Crippen molar-refractivity contribution in [3.63, 3.8) is 0 Å². The molecule has 142 valence electrons. The normalized spacial score (nSPS) is 12.3. The minimum atomic E-state index is -0.587. The predicted octanol–water partition coefficient (Wildman–Crippen LogP) is 3.20. The van der Waals surface area contributed by atoms with Crippen LogP contribution in [0.25, 0.3) is 11.1 Å². The van der Waals surface area contributed by atoms with Gasteiger partial charge in [0.1, 0.15) is 6.61 Å². The summed E-state index contributed by atoms with van der Waals surface area (Å²) in [6.45, 7) is 0.226. The van der Waals surface area contributed by atoms with Crippen molar-refractivity contribution in [1.29, 1.82) is 0 Å². The Kier molecular flexibility index (Phi) is 4.95. The second kappa shape index (κ2) is 7.70. The number of nitrogens with zero attached hydrogens (tertiary/aromatic N) is 1. The van der Waals surface area contributed by atoms with E-state index < -0.39 is 6.09 Å². The first-order valence-corrected chi connectivity index (χ1v) is 9.10. The summed E-state index contributed by atoms with van der Waals surface area (Å²) in [5.74, 6) is -0.0125. The van der Waals surface area contributed by atoms with Gasteiger partial charge >= 0.3 is 6.09 Å². The Morgan fingerprint density at radius 3 is 2.29 bits per heavy atom. The van der Waals surface area contributed by atoms with Gasteiger partial charge in [0, 0.05) is 24.7 Å². The van der Waals surface area contributed by atoms with E-state index in [0.29, 0.717) is 5.69 Å². The van der Waals surface area contributed by atoms with E-state index in [9.17, 15) is 9.59 Å². The number of carbonyl (C=O) groups excluding carboxylic acids is 1. The van der Waals surface area contributed by atoms with E-state index in [1.807, 2.05) is 24.3 Å². The Bertz CT molecular complexity index is 1030. The molecule has 0 radical (unpaired) electrons. The lowest BCUT2D eigenvalue weighted by atomic mass is 9.98. The summed E-state index contributed by atoms with van der Waals surface area (Å²) in [7, 11) is 0. The quantitative estimate of drug-likeness (QED) is 0.717. The standard InChI is InChI=1S/C22H20N2O4/c25-12-11-24-13-15(9-10-21(24)26)23-22(27)28-14-20-18-7-3-1-5-16(18)17-6-2-4-8-19(17)20/h1-10,13,20,25H,11-12,14H2,(H,23,27). The highest BCUT2D eigenvalue weighted by Crippen LogP contribution is 2.44. The fraction of sp³-hybridized carbons (Fsp3) is 0.182. The Hall–Kier alpha value is -3.38. The average Bonchev–Trinajstić information content (AvgIpc) is 3.03. The number of nitrogens with one attached hydrogen (secondary N) is 1. The second-order valence-electron chi connectivity index (χ2n) is 6.62. The van der Waals surface area contributed by atoms with Crippen molar-refractivity contribution in [2.24, 2.45) is 0 Å². The highest BCUT2D eigenvalue weighted by Gasteiger charge is 2.28. The minimum Gasteiger partial charge on any atom is -0.448 e. The van der Waals surface area contributed by atoms with Crippen molar-refractivity contribution < 1.29 is 14.6 Å². The monoisotopic (exact) mass is 376 g/mol. The summed E-state index contributed by atoms with van der Waals surface area (Å²) in [6, 6.07) is 19.1. The predicted molar refractivity (Wildman–Crippen MR) is 106 cm³/mol. The number of hydrogen-bond acceptors (Lipinski definition) is 4. The van der Waals surface area contributed by atoms with Crippen LogP contribution in [0.4, 0.5) is 10.5 Å². The van der Waals surface area contributed by atoms with E-state index >= 15 is 0 Å². The summed E-state index contributed by atoms with van der Waals surface area (Å²) in [5, 5.41) is 11.6. The molecule has 2 N–H and O–H groups in total. The van der Waals surface area contributed by atoms with Gasteiger partial charge in [-0.15, -0.1) is 0 Å². The molecule has 0 atom stereocenters. The largest absolute Gasteiger partial charge is 0.448 e. The van der Waals surface area contributed by atoms with Crippen molar-refractivity contribution in [3.05, 3.63) is 88.3 Å². The van der Waals surface area contributed by atoms with E-state index in [1.54, 1.807) is 0 Å². The summed E-state index contributed by atoms with van der Waals surface area (Å²) in [5.41, 5.74) is 4.82. The van der Waals surface area contributed by atoms with E-state index in [1.165, 1.54) is 34.0 Å². The number of ether oxygens (including phenoxy) is 1. The van der Waals surface area contributed by atoms with Crippen LogP contribution in [0.15, 0.2) is 71.7 Å². The van der Waals surface area contributed by atoms with Crippen molar-refractivity contribution in [1.82, 2.24) is 4.57 Å². The zero-order valence-corrected chi connectivity index (χ0v) is 15.2. The lowest BCUT2D eigenvalue weighted by Gasteiger charge is -2.15. The fourth-order valence-electron chi connectivity index (χ4n) is 3.64. The van der Waals surface area contributed by atoms with Crippen LogP contribution in [0.1, 0.15) is 17.0 Å². The number of hydrogen-bond donors (Lipinski definition) is 2. The third kappa shape index (κ3) is 3.42. The molecule has 1 heterocycles. The van der Waals surface area contributed by atoms with Crippen LogP contribution in [0.3, 0.4) is 0 Å². The van der Waals surface area contributed by atoms with Crippen molar-refractivity contribution >= 4 is 11.8 Å². The van der Waals surface area contributed by atoms with Crippen LogP contribution in [-0.2, 0) is 11.3 Å². The van der Waals surface area contributed by atoms with Crippen LogP contribution in [0.2, 0.25) is 0 Å². The molecule has 1 aliphatic rings. The maximum atomic E-state index is 12.3. The number of benzene rings is 2. The van der Waals surface area contributed by atoms with Gasteiger partial charge in [-0.25, -0.2) is 4.79 Å². The molecule has 0 fully saturated rings. The highest BCUT2D eigenvalue weighted by atomic mass is 16.5. The molecular formula is C22H20N2O4. The Morgan fingerprint density at radius 1 is 1.00 bits per heavy atom. The second-order valence-corrected chi connectivity index (χ2v) is 6.62. The molecule has 1 aliphatic carbocycles. The van der Waals surface area contributed by atoms with Crippen LogP contribution >= 0.6 is 0 Å². The summed E-state index contributed by atoms with van der Waals surface area (Å²) >= 11 is 0. The van der Waals surface area contributed by atoms with Gasteiger partial charge in [0.05, 0.1) is 12.3 Å². The van der Waals surface area contributed by atoms with Gasteiger partial charge in [0.2, 0.25) is 0 Å². The molecule has 0 saturated heterocycles. The molecular weight excluding hydrogens is 356 g/mol. The Labute approximate surface area is 162 Å². The maximum absolute atomic E-state index is 12.3. The van der Waals surface area contributed by atoms with Crippen LogP contribution in [0, 0.1) is 0 Å². The zero-order valence-electron chi connectivity index (χ0n) is 15.2. The van der Waals surface area contributed by atoms with Gasteiger partial charge in [-0.2, -0.15) is 0 Å².